The predicted molar refractivity (Wildman–Crippen MR) is 118 cm³/mol. The van der Waals surface area contributed by atoms with Crippen molar-refractivity contribution in [3.8, 4) is 0 Å². The van der Waals surface area contributed by atoms with Crippen LogP contribution < -0.4 is 4.72 Å². The van der Waals surface area contributed by atoms with Gasteiger partial charge in [0.25, 0.3) is 0 Å². The van der Waals surface area contributed by atoms with Crippen LogP contribution in [0.4, 0.5) is 0 Å². The molecule has 2 aromatic rings. The fraction of sp³-hybridized carbons (Fsp3) is 0.455. The Kier molecular flexibility index (Phi) is 8.27. The van der Waals surface area contributed by atoms with Crippen LogP contribution in [0.1, 0.15) is 31.4 Å². The summed E-state index contributed by atoms with van der Waals surface area (Å²) >= 11 is 5.90. The summed E-state index contributed by atoms with van der Waals surface area (Å²) < 4.78 is 33.5. The highest BCUT2D eigenvalue weighted by molar-refractivity contribution is 7.89. The second-order valence-corrected chi connectivity index (χ2v) is 9.84. The highest BCUT2D eigenvalue weighted by Crippen LogP contribution is 2.20. The molecular formula is C22H29ClN2O4S. The summed E-state index contributed by atoms with van der Waals surface area (Å²) in [5.41, 5.74) is 1.01. The van der Waals surface area contributed by atoms with Gasteiger partial charge in [0.15, 0.2) is 0 Å². The standard InChI is InChI=1S/C22H29ClN2O4S/c1-17(18-7-9-19(23)10-8-18)29-16-21(26)15-25-13-11-20(12-14-25)24-30(27,28)22-5-3-2-4-6-22/h2-10,17,20-21,24,26H,11-16H2,1H3. The Balaban J connectivity index is 1.39. The van der Waals surface area contributed by atoms with Crippen LogP contribution in [0.2, 0.25) is 5.02 Å². The van der Waals surface area contributed by atoms with E-state index in [0.717, 1.165) is 18.7 Å². The van der Waals surface area contributed by atoms with Gasteiger partial charge in [-0.1, -0.05) is 41.9 Å². The molecule has 2 unspecified atom stereocenters. The van der Waals surface area contributed by atoms with Crippen LogP contribution in [-0.4, -0.2) is 56.8 Å². The quantitative estimate of drug-likeness (QED) is 0.610. The van der Waals surface area contributed by atoms with Gasteiger partial charge in [-0.2, -0.15) is 0 Å². The van der Waals surface area contributed by atoms with Gasteiger partial charge in [-0.15, -0.1) is 0 Å². The molecule has 0 bridgehead atoms. The van der Waals surface area contributed by atoms with Gasteiger partial charge in [0, 0.05) is 17.6 Å². The van der Waals surface area contributed by atoms with Gasteiger partial charge in [-0.25, -0.2) is 13.1 Å². The van der Waals surface area contributed by atoms with Crippen molar-refractivity contribution in [3.05, 3.63) is 65.2 Å². The SMILES string of the molecule is CC(OCC(O)CN1CCC(NS(=O)(=O)c2ccccc2)CC1)c1ccc(Cl)cc1. The van der Waals surface area contributed by atoms with Crippen molar-refractivity contribution in [1.82, 2.24) is 9.62 Å². The van der Waals surface area contributed by atoms with Crippen molar-refractivity contribution in [2.75, 3.05) is 26.2 Å². The van der Waals surface area contributed by atoms with E-state index in [1.807, 2.05) is 31.2 Å². The van der Waals surface area contributed by atoms with Crippen molar-refractivity contribution in [3.63, 3.8) is 0 Å². The predicted octanol–water partition coefficient (Wildman–Crippen LogP) is 3.22. The molecule has 2 aromatic carbocycles. The molecule has 30 heavy (non-hydrogen) atoms. The van der Waals surface area contributed by atoms with Crippen molar-refractivity contribution in [2.45, 2.75) is 42.9 Å². The number of hydrogen-bond donors (Lipinski definition) is 2. The van der Waals surface area contributed by atoms with Gasteiger partial charge in [0.2, 0.25) is 10.0 Å². The number of β-amino-alcohol motifs (C(OH)–C–C–N with tert-alkyl or cyclic N) is 1. The summed E-state index contributed by atoms with van der Waals surface area (Å²) in [6.07, 6.45) is 0.689. The molecule has 8 heteroatoms. The number of hydrogen-bond acceptors (Lipinski definition) is 5. The minimum atomic E-state index is -3.49. The fourth-order valence-corrected chi connectivity index (χ4v) is 5.01. The summed E-state index contributed by atoms with van der Waals surface area (Å²) in [5, 5.41) is 11.0. The molecule has 0 aliphatic carbocycles. The first-order chi connectivity index (χ1) is 14.3. The average Bonchev–Trinajstić information content (AvgIpc) is 2.74. The second kappa shape index (κ2) is 10.7. The van der Waals surface area contributed by atoms with E-state index in [0.29, 0.717) is 24.4 Å². The summed E-state index contributed by atoms with van der Waals surface area (Å²) in [4.78, 5) is 2.43. The Labute approximate surface area is 183 Å². The maximum absolute atomic E-state index is 12.5. The number of halogens is 1. The number of sulfonamides is 1. The van der Waals surface area contributed by atoms with Crippen LogP contribution in [0.3, 0.4) is 0 Å². The van der Waals surface area contributed by atoms with Gasteiger partial charge in [-0.3, -0.25) is 0 Å². The molecule has 1 heterocycles. The summed E-state index contributed by atoms with van der Waals surface area (Å²) in [7, 11) is -3.49. The van der Waals surface area contributed by atoms with E-state index in [-0.39, 0.29) is 23.6 Å². The topological polar surface area (TPSA) is 78.9 Å². The molecule has 1 fully saturated rings. The minimum Gasteiger partial charge on any atom is -0.389 e. The summed E-state index contributed by atoms with van der Waals surface area (Å²) in [5.74, 6) is 0. The first-order valence-electron chi connectivity index (χ1n) is 10.2. The molecule has 1 aliphatic rings. The van der Waals surface area contributed by atoms with Gasteiger partial charge in [-0.05, 0) is 62.7 Å². The molecule has 0 radical (unpaired) electrons. The number of benzene rings is 2. The lowest BCUT2D eigenvalue weighted by molar-refractivity contribution is -0.0182. The van der Waals surface area contributed by atoms with E-state index in [1.54, 1.807) is 30.3 Å². The van der Waals surface area contributed by atoms with E-state index in [1.165, 1.54) is 0 Å². The third kappa shape index (κ3) is 6.77. The zero-order chi connectivity index (χ0) is 21.6. The molecular weight excluding hydrogens is 424 g/mol. The molecule has 6 nitrogen and oxygen atoms in total. The van der Waals surface area contributed by atoms with Gasteiger partial charge < -0.3 is 14.7 Å². The lowest BCUT2D eigenvalue weighted by Gasteiger charge is -2.33. The number of piperidine rings is 1. The van der Waals surface area contributed by atoms with Crippen LogP contribution >= 0.6 is 11.6 Å². The van der Waals surface area contributed by atoms with Crippen LogP contribution in [0, 0.1) is 0 Å². The van der Waals surface area contributed by atoms with E-state index >= 15 is 0 Å². The molecule has 0 spiro atoms. The lowest BCUT2D eigenvalue weighted by Crippen LogP contribution is -2.46. The highest BCUT2D eigenvalue weighted by Gasteiger charge is 2.25. The average molecular weight is 453 g/mol. The molecule has 0 saturated carbocycles. The van der Waals surface area contributed by atoms with E-state index < -0.39 is 16.1 Å². The van der Waals surface area contributed by atoms with Crippen molar-refractivity contribution < 1.29 is 18.3 Å². The Morgan fingerprint density at radius 1 is 1.13 bits per heavy atom. The van der Waals surface area contributed by atoms with Crippen LogP contribution in [-0.2, 0) is 14.8 Å². The normalized spacial score (nSPS) is 18.2. The number of nitrogens with one attached hydrogen (secondary N) is 1. The van der Waals surface area contributed by atoms with Crippen molar-refractivity contribution >= 4 is 21.6 Å². The van der Waals surface area contributed by atoms with Crippen LogP contribution in [0.25, 0.3) is 0 Å². The van der Waals surface area contributed by atoms with Crippen molar-refractivity contribution in [2.24, 2.45) is 0 Å². The Bertz CT molecular complexity index is 885. The van der Waals surface area contributed by atoms with E-state index in [9.17, 15) is 13.5 Å². The molecule has 1 saturated heterocycles. The first-order valence-corrected chi connectivity index (χ1v) is 12.0. The maximum atomic E-state index is 12.5. The number of ether oxygens (including phenoxy) is 1. The summed E-state index contributed by atoms with van der Waals surface area (Å²) in [6.45, 7) is 4.15. The number of aliphatic hydroxyl groups is 1. The maximum Gasteiger partial charge on any atom is 0.240 e. The van der Waals surface area contributed by atoms with Crippen LogP contribution in [0.5, 0.6) is 0 Å². The van der Waals surface area contributed by atoms with Gasteiger partial charge in [0.1, 0.15) is 0 Å². The van der Waals surface area contributed by atoms with E-state index in [2.05, 4.69) is 9.62 Å². The van der Waals surface area contributed by atoms with Crippen molar-refractivity contribution in [1.29, 1.82) is 0 Å². The smallest absolute Gasteiger partial charge is 0.240 e. The zero-order valence-corrected chi connectivity index (χ0v) is 18.6. The molecule has 0 aromatic heterocycles. The first kappa shape index (κ1) is 23.2. The Morgan fingerprint density at radius 3 is 2.40 bits per heavy atom. The third-order valence-corrected chi connectivity index (χ3v) is 7.10. The molecule has 1 aliphatic heterocycles. The molecule has 0 amide bonds. The summed E-state index contributed by atoms with van der Waals surface area (Å²) in [6, 6.07) is 15.8. The number of rotatable bonds is 9. The lowest BCUT2D eigenvalue weighted by atomic mass is 10.1. The number of nitrogens with zero attached hydrogens (tertiary/aromatic N) is 1. The largest absolute Gasteiger partial charge is 0.389 e. The molecule has 164 valence electrons. The van der Waals surface area contributed by atoms with E-state index in [4.69, 9.17) is 16.3 Å². The minimum absolute atomic E-state index is 0.0928. The third-order valence-electron chi connectivity index (χ3n) is 5.31. The Hall–Kier alpha value is -1.48. The molecule has 3 rings (SSSR count). The van der Waals surface area contributed by atoms with Gasteiger partial charge >= 0.3 is 0 Å². The monoisotopic (exact) mass is 452 g/mol. The zero-order valence-electron chi connectivity index (χ0n) is 17.1. The molecule has 2 atom stereocenters. The fourth-order valence-electron chi connectivity index (χ4n) is 3.56. The van der Waals surface area contributed by atoms with Crippen LogP contribution in [0.15, 0.2) is 59.5 Å². The number of likely N-dealkylation sites (tertiary alicyclic amines) is 1. The second-order valence-electron chi connectivity index (χ2n) is 7.69. The molecule has 2 N–H and O–H groups in total. The van der Waals surface area contributed by atoms with Gasteiger partial charge in [0.05, 0.1) is 23.7 Å². The Morgan fingerprint density at radius 2 is 1.77 bits per heavy atom. The number of aliphatic hydroxyl groups excluding tert-OH is 1. The highest BCUT2D eigenvalue weighted by atomic mass is 35.5.